The van der Waals surface area contributed by atoms with Gasteiger partial charge in [0.25, 0.3) is 0 Å². The number of halogens is 1. The van der Waals surface area contributed by atoms with Crippen LogP contribution in [-0.2, 0) is 0 Å². The van der Waals surface area contributed by atoms with E-state index in [1.165, 1.54) is 12.1 Å². The van der Waals surface area contributed by atoms with E-state index in [-0.39, 0.29) is 11.6 Å². The van der Waals surface area contributed by atoms with E-state index in [9.17, 15) is 4.39 Å². The Labute approximate surface area is 146 Å². The molecule has 2 aromatic rings. The summed E-state index contributed by atoms with van der Waals surface area (Å²) < 4.78 is 19.1. The summed E-state index contributed by atoms with van der Waals surface area (Å²) in [6.45, 7) is 1.59. The van der Waals surface area contributed by atoms with Crippen LogP contribution in [0.25, 0.3) is 0 Å². The third kappa shape index (κ3) is 3.63. The summed E-state index contributed by atoms with van der Waals surface area (Å²) in [6.07, 6.45) is 3.67. The number of anilines is 2. The van der Waals surface area contributed by atoms with Crippen LogP contribution in [-0.4, -0.2) is 43.3 Å². The van der Waals surface area contributed by atoms with Gasteiger partial charge in [-0.15, -0.1) is 0 Å². The zero-order valence-electron chi connectivity index (χ0n) is 14.3. The van der Waals surface area contributed by atoms with E-state index in [1.807, 2.05) is 18.0 Å². The van der Waals surface area contributed by atoms with Gasteiger partial charge in [0, 0.05) is 44.1 Å². The molecule has 0 N–H and O–H groups in total. The number of piperidine rings is 1. The van der Waals surface area contributed by atoms with Crippen molar-refractivity contribution in [3.63, 3.8) is 0 Å². The quantitative estimate of drug-likeness (QED) is 0.852. The number of nitrogens with zero attached hydrogens (tertiary/aromatic N) is 5. The monoisotopic (exact) mass is 341 g/mol. The molecule has 130 valence electrons. The fourth-order valence-corrected chi connectivity index (χ4v) is 3.08. The number of methoxy groups -OCH3 is 1. The van der Waals surface area contributed by atoms with Crippen LogP contribution in [0.3, 0.4) is 0 Å². The normalized spacial score (nSPS) is 17.0. The fraction of sp³-hybridized carbons (Fsp3) is 0.389. The standard InChI is InChI=1S/C18H20FN5O/c1-23(18-21-8-7-17(22-18)25-2)15-4-3-9-24(12-15)14-6-5-13(11-20)16(19)10-14/h5-8,10,15H,3-4,9,12H2,1-2H3. The van der Waals surface area contributed by atoms with Crippen molar-refractivity contribution < 1.29 is 9.13 Å². The summed E-state index contributed by atoms with van der Waals surface area (Å²) in [7, 11) is 3.54. The molecule has 0 amide bonds. The Morgan fingerprint density at radius 3 is 2.96 bits per heavy atom. The molecular formula is C18H20FN5O. The summed E-state index contributed by atoms with van der Waals surface area (Å²) in [4.78, 5) is 12.9. The van der Waals surface area contributed by atoms with Crippen LogP contribution in [0.1, 0.15) is 18.4 Å². The van der Waals surface area contributed by atoms with Gasteiger partial charge < -0.3 is 14.5 Å². The number of rotatable bonds is 4. The van der Waals surface area contributed by atoms with Gasteiger partial charge >= 0.3 is 0 Å². The summed E-state index contributed by atoms with van der Waals surface area (Å²) in [6, 6.07) is 8.54. The molecule has 1 atom stereocenters. The van der Waals surface area contributed by atoms with Crippen molar-refractivity contribution >= 4 is 11.6 Å². The molecule has 1 unspecified atom stereocenters. The van der Waals surface area contributed by atoms with Crippen LogP contribution in [0.15, 0.2) is 30.5 Å². The Morgan fingerprint density at radius 2 is 2.24 bits per heavy atom. The molecule has 25 heavy (non-hydrogen) atoms. The average Bonchev–Trinajstić information content (AvgIpc) is 2.67. The zero-order chi connectivity index (χ0) is 17.8. The molecule has 0 spiro atoms. The first-order chi connectivity index (χ1) is 12.1. The zero-order valence-corrected chi connectivity index (χ0v) is 14.3. The van der Waals surface area contributed by atoms with Crippen molar-refractivity contribution in [1.82, 2.24) is 9.97 Å². The highest BCUT2D eigenvalue weighted by Gasteiger charge is 2.25. The maximum atomic E-state index is 13.9. The third-order valence-electron chi connectivity index (χ3n) is 4.52. The van der Waals surface area contributed by atoms with Crippen LogP contribution in [0.4, 0.5) is 16.0 Å². The number of benzene rings is 1. The summed E-state index contributed by atoms with van der Waals surface area (Å²) in [5.41, 5.74) is 0.861. The van der Waals surface area contributed by atoms with Crippen LogP contribution < -0.4 is 14.5 Å². The van der Waals surface area contributed by atoms with Gasteiger partial charge in [-0.3, -0.25) is 0 Å². The summed E-state index contributed by atoms with van der Waals surface area (Å²) in [5.74, 6) is 0.655. The first-order valence-corrected chi connectivity index (χ1v) is 8.17. The fourth-order valence-electron chi connectivity index (χ4n) is 3.08. The highest BCUT2D eigenvalue weighted by molar-refractivity contribution is 5.51. The lowest BCUT2D eigenvalue weighted by atomic mass is 10.0. The van der Waals surface area contributed by atoms with Crippen molar-refractivity contribution in [2.45, 2.75) is 18.9 Å². The Hall–Kier alpha value is -2.88. The van der Waals surface area contributed by atoms with Gasteiger partial charge in [-0.25, -0.2) is 9.37 Å². The first-order valence-electron chi connectivity index (χ1n) is 8.17. The maximum Gasteiger partial charge on any atom is 0.228 e. The molecule has 1 aromatic carbocycles. The smallest absolute Gasteiger partial charge is 0.228 e. The van der Waals surface area contributed by atoms with E-state index >= 15 is 0 Å². The SMILES string of the molecule is COc1ccnc(N(C)C2CCCN(c3ccc(C#N)c(F)c3)C2)n1. The second-order valence-electron chi connectivity index (χ2n) is 6.03. The molecule has 1 aliphatic rings. The second-order valence-corrected chi connectivity index (χ2v) is 6.03. The molecule has 3 rings (SSSR count). The van der Waals surface area contributed by atoms with Gasteiger partial charge in [0.1, 0.15) is 11.9 Å². The average molecular weight is 341 g/mol. The number of ether oxygens (including phenoxy) is 1. The maximum absolute atomic E-state index is 13.9. The third-order valence-corrected chi connectivity index (χ3v) is 4.52. The van der Waals surface area contributed by atoms with Crippen molar-refractivity contribution in [2.24, 2.45) is 0 Å². The first kappa shape index (κ1) is 17.0. The van der Waals surface area contributed by atoms with E-state index in [2.05, 4.69) is 14.9 Å². The highest BCUT2D eigenvalue weighted by Crippen LogP contribution is 2.25. The van der Waals surface area contributed by atoms with Crippen molar-refractivity contribution in [3.05, 3.63) is 41.8 Å². The van der Waals surface area contributed by atoms with Gasteiger partial charge in [0.15, 0.2) is 0 Å². The van der Waals surface area contributed by atoms with E-state index in [0.29, 0.717) is 11.8 Å². The molecular weight excluding hydrogens is 321 g/mol. The Morgan fingerprint density at radius 1 is 1.40 bits per heavy atom. The molecule has 1 saturated heterocycles. The van der Waals surface area contributed by atoms with Gasteiger partial charge in [-0.05, 0) is 31.0 Å². The molecule has 6 nitrogen and oxygen atoms in total. The lowest BCUT2D eigenvalue weighted by Crippen LogP contribution is -2.47. The van der Waals surface area contributed by atoms with E-state index in [0.717, 1.165) is 31.6 Å². The molecule has 0 radical (unpaired) electrons. The van der Waals surface area contributed by atoms with Crippen LogP contribution in [0.5, 0.6) is 5.88 Å². The minimum Gasteiger partial charge on any atom is -0.481 e. The lowest BCUT2D eigenvalue weighted by Gasteiger charge is -2.38. The highest BCUT2D eigenvalue weighted by atomic mass is 19.1. The van der Waals surface area contributed by atoms with Crippen molar-refractivity contribution in [3.8, 4) is 11.9 Å². The van der Waals surface area contributed by atoms with Crippen LogP contribution in [0.2, 0.25) is 0 Å². The van der Waals surface area contributed by atoms with E-state index < -0.39 is 5.82 Å². The summed E-state index contributed by atoms with van der Waals surface area (Å²) in [5, 5.41) is 8.87. The molecule has 2 heterocycles. The van der Waals surface area contributed by atoms with E-state index in [1.54, 1.807) is 25.4 Å². The number of aromatic nitrogens is 2. The molecule has 0 bridgehead atoms. The number of hydrogen-bond donors (Lipinski definition) is 0. The lowest BCUT2D eigenvalue weighted by molar-refractivity contribution is 0.395. The number of hydrogen-bond acceptors (Lipinski definition) is 6. The van der Waals surface area contributed by atoms with Gasteiger partial charge in [-0.1, -0.05) is 0 Å². The van der Waals surface area contributed by atoms with Crippen LogP contribution in [0, 0.1) is 17.1 Å². The predicted octanol–water partition coefficient (Wildman–Crippen LogP) is 2.60. The summed E-state index contributed by atoms with van der Waals surface area (Å²) >= 11 is 0. The topological polar surface area (TPSA) is 65.3 Å². The molecule has 1 fully saturated rings. The molecule has 0 saturated carbocycles. The van der Waals surface area contributed by atoms with Crippen molar-refractivity contribution in [1.29, 1.82) is 5.26 Å². The van der Waals surface area contributed by atoms with Gasteiger partial charge in [0.2, 0.25) is 11.8 Å². The Bertz CT molecular complexity index is 791. The minimum atomic E-state index is -0.480. The molecule has 1 aromatic heterocycles. The number of nitriles is 1. The van der Waals surface area contributed by atoms with Crippen molar-refractivity contribution in [2.75, 3.05) is 37.0 Å². The molecule has 1 aliphatic heterocycles. The second kappa shape index (κ2) is 7.34. The van der Waals surface area contributed by atoms with Gasteiger partial charge in [-0.2, -0.15) is 10.2 Å². The van der Waals surface area contributed by atoms with E-state index in [4.69, 9.17) is 10.00 Å². The Kier molecular flexibility index (Phi) is 4.98. The van der Waals surface area contributed by atoms with Gasteiger partial charge in [0.05, 0.1) is 12.7 Å². The Balaban J connectivity index is 1.76. The number of likely N-dealkylation sites (N-methyl/N-ethyl adjacent to an activating group) is 1. The predicted molar refractivity (Wildman–Crippen MR) is 93.3 cm³/mol. The minimum absolute atomic E-state index is 0.0687. The molecule has 0 aliphatic carbocycles. The van der Waals surface area contributed by atoms with Crippen LogP contribution >= 0.6 is 0 Å². The molecule has 7 heteroatoms. The largest absolute Gasteiger partial charge is 0.481 e.